The molecule has 0 amide bonds. The summed E-state index contributed by atoms with van der Waals surface area (Å²) in [4.78, 5) is 0. The molecule has 0 saturated carbocycles. The summed E-state index contributed by atoms with van der Waals surface area (Å²) in [5.41, 5.74) is 8.86. The van der Waals surface area contributed by atoms with Gasteiger partial charge in [-0.05, 0) is 32.3 Å². The van der Waals surface area contributed by atoms with Gasteiger partial charge in [-0.1, -0.05) is 29.8 Å². The summed E-state index contributed by atoms with van der Waals surface area (Å²) >= 11 is 0. The number of aryl methyl sites for hydroxylation is 1. The van der Waals surface area contributed by atoms with Crippen LogP contribution in [0.25, 0.3) is 0 Å². The van der Waals surface area contributed by atoms with Crippen LogP contribution in [0.15, 0.2) is 24.3 Å². The highest BCUT2D eigenvalue weighted by molar-refractivity contribution is 5.22. The van der Waals surface area contributed by atoms with Gasteiger partial charge in [-0.25, -0.2) is 0 Å². The van der Waals surface area contributed by atoms with Crippen molar-refractivity contribution < 1.29 is 4.74 Å². The predicted molar refractivity (Wildman–Crippen MR) is 66.4 cm³/mol. The van der Waals surface area contributed by atoms with E-state index in [0.29, 0.717) is 12.0 Å². The highest BCUT2D eigenvalue weighted by Crippen LogP contribution is 2.23. The van der Waals surface area contributed by atoms with Crippen molar-refractivity contribution in [2.45, 2.75) is 38.8 Å². The van der Waals surface area contributed by atoms with Gasteiger partial charge in [0.15, 0.2) is 0 Å². The fourth-order valence-electron chi connectivity index (χ4n) is 2.31. The molecule has 1 heterocycles. The van der Waals surface area contributed by atoms with E-state index in [9.17, 15) is 0 Å². The van der Waals surface area contributed by atoms with E-state index < -0.39 is 0 Å². The van der Waals surface area contributed by atoms with Gasteiger partial charge < -0.3 is 10.5 Å². The molecular weight excluding hydrogens is 198 g/mol. The first-order chi connectivity index (χ1) is 7.65. The molecule has 1 aromatic rings. The van der Waals surface area contributed by atoms with Gasteiger partial charge in [-0.15, -0.1) is 0 Å². The lowest BCUT2D eigenvalue weighted by Crippen LogP contribution is -2.32. The monoisotopic (exact) mass is 219 g/mol. The minimum absolute atomic E-state index is 0.229. The zero-order chi connectivity index (χ0) is 11.5. The number of benzene rings is 1. The largest absolute Gasteiger partial charge is 0.378 e. The summed E-state index contributed by atoms with van der Waals surface area (Å²) < 4.78 is 5.56. The van der Waals surface area contributed by atoms with Crippen molar-refractivity contribution in [3.8, 4) is 0 Å². The third-order valence-electron chi connectivity index (χ3n) is 3.43. The van der Waals surface area contributed by atoms with Crippen molar-refractivity contribution in [1.82, 2.24) is 0 Å². The third kappa shape index (κ3) is 2.83. The van der Waals surface area contributed by atoms with E-state index >= 15 is 0 Å². The summed E-state index contributed by atoms with van der Waals surface area (Å²) in [7, 11) is 0. The van der Waals surface area contributed by atoms with Crippen molar-refractivity contribution in [1.29, 1.82) is 0 Å². The fourth-order valence-corrected chi connectivity index (χ4v) is 2.31. The van der Waals surface area contributed by atoms with Crippen molar-refractivity contribution in [2.24, 2.45) is 11.7 Å². The molecule has 1 saturated heterocycles. The van der Waals surface area contributed by atoms with Crippen LogP contribution < -0.4 is 5.73 Å². The van der Waals surface area contributed by atoms with Crippen LogP contribution in [0.2, 0.25) is 0 Å². The van der Waals surface area contributed by atoms with Gasteiger partial charge in [-0.2, -0.15) is 0 Å². The number of nitrogens with two attached hydrogens (primary N) is 1. The molecular formula is C14H21NO. The van der Waals surface area contributed by atoms with Crippen molar-refractivity contribution in [3.63, 3.8) is 0 Å². The first-order valence-corrected chi connectivity index (χ1v) is 6.08. The average molecular weight is 219 g/mol. The molecule has 2 N–H and O–H groups in total. The zero-order valence-electron chi connectivity index (χ0n) is 10.1. The Morgan fingerprint density at radius 3 is 2.62 bits per heavy atom. The molecule has 0 spiro atoms. The highest BCUT2D eigenvalue weighted by atomic mass is 16.5. The molecule has 2 rings (SSSR count). The molecule has 0 radical (unpaired) electrons. The minimum Gasteiger partial charge on any atom is -0.378 e. The molecule has 3 atom stereocenters. The first-order valence-electron chi connectivity index (χ1n) is 6.08. The molecule has 0 aliphatic carbocycles. The van der Waals surface area contributed by atoms with Crippen LogP contribution in [0.5, 0.6) is 0 Å². The molecule has 88 valence electrons. The highest BCUT2D eigenvalue weighted by Gasteiger charge is 2.27. The zero-order valence-corrected chi connectivity index (χ0v) is 10.1. The lowest BCUT2D eigenvalue weighted by atomic mass is 9.92. The SMILES string of the molecule is Cc1ccc(CC(N)C2COC(C)C2)cc1. The Hall–Kier alpha value is -0.860. The molecule has 1 aliphatic heterocycles. The van der Waals surface area contributed by atoms with Crippen LogP contribution in [-0.2, 0) is 11.2 Å². The fraction of sp³-hybridized carbons (Fsp3) is 0.571. The summed E-state index contributed by atoms with van der Waals surface area (Å²) in [5.74, 6) is 0.524. The first kappa shape index (κ1) is 11.6. The van der Waals surface area contributed by atoms with E-state index in [0.717, 1.165) is 19.4 Å². The third-order valence-corrected chi connectivity index (χ3v) is 3.43. The van der Waals surface area contributed by atoms with E-state index in [4.69, 9.17) is 10.5 Å². The van der Waals surface area contributed by atoms with Crippen LogP contribution in [0, 0.1) is 12.8 Å². The molecule has 1 aromatic carbocycles. The Kier molecular flexibility index (Phi) is 3.62. The van der Waals surface area contributed by atoms with Crippen molar-refractivity contribution in [2.75, 3.05) is 6.61 Å². The average Bonchev–Trinajstić information content (AvgIpc) is 2.68. The summed E-state index contributed by atoms with van der Waals surface area (Å²) in [6, 6.07) is 8.88. The van der Waals surface area contributed by atoms with Crippen molar-refractivity contribution in [3.05, 3.63) is 35.4 Å². The minimum atomic E-state index is 0.229. The van der Waals surface area contributed by atoms with E-state index in [1.165, 1.54) is 11.1 Å². The van der Waals surface area contributed by atoms with E-state index in [1.54, 1.807) is 0 Å². The Morgan fingerprint density at radius 1 is 1.38 bits per heavy atom. The number of hydrogen-bond acceptors (Lipinski definition) is 2. The molecule has 3 unspecified atom stereocenters. The lowest BCUT2D eigenvalue weighted by molar-refractivity contribution is 0.118. The molecule has 2 heteroatoms. The molecule has 1 aliphatic rings. The number of hydrogen-bond donors (Lipinski definition) is 1. The Bertz CT molecular complexity index is 333. The van der Waals surface area contributed by atoms with E-state index in [1.807, 2.05) is 0 Å². The molecule has 0 bridgehead atoms. The predicted octanol–water partition coefficient (Wildman–Crippen LogP) is 2.29. The smallest absolute Gasteiger partial charge is 0.0551 e. The van der Waals surface area contributed by atoms with Gasteiger partial charge in [0.2, 0.25) is 0 Å². The Labute approximate surface area is 97.8 Å². The standard InChI is InChI=1S/C14H21NO/c1-10-3-5-12(6-4-10)8-14(15)13-7-11(2)16-9-13/h3-6,11,13-14H,7-9,15H2,1-2H3. The van der Waals surface area contributed by atoms with E-state index in [-0.39, 0.29) is 6.04 Å². The van der Waals surface area contributed by atoms with Crippen LogP contribution in [0.4, 0.5) is 0 Å². The number of rotatable bonds is 3. The summed E-state index contributed by atoms with van der Waals surface area (Å²) in [5, 5.41) is 0. The van der Waals surface area contributed by atoms with E-state index in [2.05, 4.69) is 38.1 Å². The van der Waals surface area contributed by atoms with Gasteiger partial charge in [-0.3, -0.25) is 0 Å². The molecule has 2 nitrogen and oxygen atoms in total. The summed E-state index contributed by atoms with van der Waals surface area (Å²) in [6.07, 6.45) is 2.45. The van der Waals surface area contributed by atoms with Crippen molar-refractivity contribution >= 4 is 0 Å². The Morgan fingerprint density at radius 2 is 2.06 bits per heavy atom. The Balaban J connectivity index is 1.91. The van der Waals surface area contributed by atoms with Crippen LogP contribution in [-0.4, -0.2) is 18.8 Å². The molecule has 0 aromatic heterocycles. The quantitative estimate of drug-likeness (QED) is 0.846. The van der Waals surface area contributed by atoms with Gasteiger partial charge in [0, 0.05) is 12.0 Å². The lowest BCUT2D eigenvalue weighted by Gasteiger charge is -2.17. The maximum Gasteiger partial charge on any atom is 0.0551 e. The second-order valence-electron chi connectivity index (χ2n) is 4.99. The second kappa shape index (κ2) is 4.98. The van der Waals surface area contributed by atoms with Gasteiger partial charge >= 0.3 is 0 Å². The maximum atomic E-state index is 6.23. The van der Waals surface area contributed by atoms with Gasteiger partial charge in [0.05, 0.1) is 12.7 Å². The normalized spacial score (nSPS) is 26.9. The number of ether oxygens (including phenoxy) is 1. The van der Waals surface area contributed by atoms with Gasteiger partial charge in [0.1, 0.15) is 0 Å². The summed E-state index contributed by atoms with van der Waals surface area (Å²) in [6.45, 7) is 5.06. The van der Waals surface area contributed by atoms with Crippen LogP contribution >= 0.6 is 0 Å². The maximum absolute atomic E-state index is 6.23. The van der Waals surface area contributed by atoms with Crippen LogP contribution in [0.3, 0.4) is 0 Å². The molecule has 1 fully saturated rings. The van der Waals surface area contributed by atoms with Gasteiger partial charge in [0.25, 0.3) is 0 Å². The topological polar surface area (TPSA) is 35.2 Å². The van der Waals surface area contributed by atoms with Crippen LogP contribution in [0.1, 0.15) is 24.5 Å². The second-order valence-corrected chi connectivity index (χ2v) is 4.99. The molecule has 16 heavy (non-hydrogen) atoms.